The van der Waals surface area contributed by atoms with Crippen molar-refractivity contribution < 1.29 is 26.3 Å². The van der Waals surface area contributed by atoms with Gasteiger partial charge in [-0.15, -0.1) is 0 Å². The number of hydrogen-bond acceptors (Lipinski definition) is 3. The van der Waals surface area contributed by atoms with Crippen molar-refractivity contribution in [1.82, 2.24) is 9.80 Å². The summed E-state index contributed by atoms with van der Waals surface area (Å²) in [4.78, 5) is 2.95. The number of rotatable bonds is 2. The van der Waals surface area contributed by atoms with Crippen LogP contribution in [0.2, 0.25) is 0 Å². The maximum absolute atomic E-state index is 12.7. The summed E-state index contributed by atoms with van der Waals surface area (Å²) in [5, 5.41) is 8.72. The van der Waals surface area contributed by atoms with Crippen molar-refractivity contribution in [2.75, 3.05) is 13.1 Å². The van der Waals surface area contributed by atoms with Gasteiger partial charge in [0.2, 0.25) is 0 Å². The number of hydrogen-bond donors (Lipinski definition) is 0. The van der Waals surface area contributed by atoms with Gasteiger partial charge in [-0.2, -0.15) is 31.6 Å². The van der Waals surface area contributed by atoms with E-state index < -0.39 is 24.4 Å². The molecule has 2 fully saturated rings. The molecule has 0 aromatic heterocycles. The van der Waals surface area contributed by atoms with Crippen LogP contribution in [0.1, 0.15) is 59.8 Å². The Labute approximate surface area is 163 Å². The summed E-state index contributed by atoms with van der Waals surface area (Å²) in [5.41, 5.74) is 0. The number of piperidine rings is 2. The summed E-state index contributed by atoms with van der Waals surface area (Å²) in [5.74, 6) is -0.258. The number of likely N-dealkylation sites (tertiary alicyclic amines) is 2. The molecule has 0 bridgehead atoms. The lowest BCUT2D eigenvalue weighted by Crippen LogP contribution is -2.53. The number of nitrogens with zero attached hydrogens (tertiary/aromatic N) is 3. The molecule has 28 heavy (non-hydrogen) atoms. The topological polar surface area (TPSA) is 30.3 Å². The molecule has 2 aliphatic rings. The Kier molecular flexibility index (Phi) is 9.07. The third kappa shape index (κ3) is 7.11. The molecule has 0 radical (unpaired) electrons. The van der Waals surface area contributed by atoms with Crippen LogP contribution in [0.15, 0.2) is 0 Å². The highest BCUT2D eigenvalue weighted by Gasteiger charge is 2.47. The van der Waals surface area contributed by atoms with Gasteiger partial charge in [-0.25, -0.2) is 0 Å². The molecule has 0 aromatic carbocycles. The van der Waals surface area contributed by atoms with E-state index in [1.807, 2.05) is 13.8 Å². The van der Waals surface area contributed by atoms with Crippen molar-refractivity contribution >= 4 is 0 Å². The summed E-state index contributed by atoms with van der Waals surface area (Å²) in [6, 6.07) is -0.709. The molecule has 164 valence electrons. The number of nitriles is 1. The summed E-state index contributed by atoms with van der Waals surface area (Å²) < 4.78 is 75.5. The van der Waals surface area contributed by atoms with Crippen molar-refractivity contribution in [2.24, 2.45) is 5.92 Å². The first kappa shape index (κ1) is 25.0. The molecule has 2 saturated heterocycles. The molecule has 3 unspecified atom stereocenters. The van der Waals surface area contributed by atoms with Crippen LogP contribution in [-0.4, -0.2) is 59.4 Å². The molecule has 9 heteroatoms. The zero-order chi connectivity index (χ0) is 21.7. The van der Waals surface area contributed by atoms with Crippen LogP contribution in [0.4, 0.5) is 26.3 Å². The third-order valence-electron chi connectivity index (χ3n) is 5.43. The van der Waals surface area contributed by atoms with Crippen LogP contribution < -0.4 is 0 Å². The Bertz CT molecular complexity index is 509. The van der Waals surface area contributed by atoms with Gasteiger partial charge in [0.05, 0.1) is 12.0 Å². The smallest absolute Gasteiger partial charge is 0.290 e. The van der Waals surface area contributed by atoms with Gasteiger partial charge in [-0.1, -0.05) is 6.42 Å². The van der Waals surface area contributed by atoms with Gasteiger partial charge in [0.15, 0.2) is 0 Å². The minimum Gasteiger partial charge on any atom is -0.290 e. The molecule has 0 amide bonds. The number of alkyl halides is 6. The van der Waals surface area contributed by atoms with Gasteiger partial charge >= 0.3 is 12.4 Å². The van der Waals surface area contributed by atoms with Crippen molar-refractivity contribution in [3.63, 3.8) is 0 Å². The Balaban J connectivity index is 0.000000283. The van der Waals surface area contributed by atoms with Gasteiger partial charge in [-0.3, -0.25) is 9.80 Å². The van der Waals surface area contributed by atoms with E-state index in [4.69, 9.17) is 5.26 Å². The second-order valence-corrected chi connectivity index (χ2v) is 8.14. The Morgan fingerprint density at radius 1 is 0.786 bits per heavy atom. The van der Waals surface area contributed by atoms with E-state index in [0.29, 0.717) is 19.4 Å². The highest BCUT2D eigenvalue weighted by Crippen LogP contribution is 2.35. The maximum atomic E-state index is 12.7. The lowest BCUT2D eigenvalue weighted by molar-refractivity contribution is -0.198. The lowest BCUT2D eigenvalue weighted by Gasteiger charge is -2.41. The van der Waals surface area contributed by atoms with E-state index in [1.165, 1.54) is 4.90 Å². The van der Waals surface area contributed by atoms with Crippen LogP contribution >= 0.6 is 0 Å². The van der Waals surface area contributed by atoms with Crippen LogP contribution in [0.25, 0.3) is 0 Å². The van der Waals surface area contributed by atoms with Gasteiger partial charge in [-0.05, 0) is 59.9 Å². The minimum absolute atomic E-state index is 0.00748. The summed E-state index contributed by atoms with van der Waals surface area (Å²) in [7, 11) is 0. The quantitative estimate of drug-likeness (QED) is 0.568. The fourth-order valence-corrected chi connectivity index (χ4v) is 3.95. The molecule has 2 rings (SSSR count). The van der Waals surface area contributed by atoms with Crippen LogP contribution in [-0.2, 0) is 0 Å². The monoisotopic (exact) mass is 415 g/mol. The Hall–Kier alpha value is -1.01. The van der Waals surface area contributed by atoms with Crippen LogP contribution in [0.3, 0.4) is 0 Å². The highest BCUT2D eigenvalue weighted by atomic mass is 19.4. The number of halogens is 6. The van der Waals surface area contributed by atoms with E-state index in [1.54, 1.807) is 18.7 Å². The van der Waals surface area contributed by atoms with Crippen molar-refractivity contribution in [2.45, 2.75) is 96.3 Å². The minimum atomic E-state index is -4.18. The molecule has 0 aromatic rings. The summed E-state index contributed by atoms with van der Waals surface area (Å²) in [6.07, 6.45) is -5.97. The largest absolute Gasteiger partial charge is 0.404 e. The Morgan fingerprint density at radius 2 is 1.29 bits per heavy atom. The van der Waals surface area contributed by atoms with Crippen LogP contribution in [0.5, 0.6) is 0 Å². The molecule has 3 atom stereocenters. The lowest BCUT2D eigenvalue weighted by atomic mass is 9.92. The van der Waals surface area contributed by atoms with E-state index in [9.17, 15) is 26.3 Å². The molecular weight excluding hydrogens is 384 g/mol. The Morgan fingerprint density at radius 3 is 1.68 bits per heavy atom. The second-order valence-electron chi connectivity index (χ2n) is 8.14. The van der Waals surface area contributed by atoms with Crippen molar-refractivity contribution in [1.29, 1.82) is 5.26 Å². The molecule has 2 aliphatic heterocycles. The molecule has 0 saturated carbocycles. The first-order valence-corrected chi connectivity index (χ1v) is 9.83. The van der Waals surface area contributed by atoms with E-state index in [2.05, 4.69) is 6.07 Å². The average Bonchev–Trinajstić information content (AvgIpc) is 2.60. The highest BCUT2D eigenvalue weighted by molar-refractivity contribution is 4.95. The summed E-state index contributed by atoms with van der Waals surface area (Å²) >= 11 is 0. The first-order valence-electron chi connectivity index (χ1n) is 9.83. The van der Waals surface area contributed by atoms with Crippen LogP contribution in [0, 0.1) is 17.2 Å². The van der Waals surface area contributed by atoms with E-state index in [-0.39, 0.29) is 37.4 Å². The molecular formula is C19H31F6N3. The van der Waals surface area contributed by atoms with E-state index in [0.717, 1.165) is 6.42 Å². The molecule has 3 nitrogen and oxygen atoms in total. The fourth-order valence-electron chi connectivity index (χ4n) is 3.95. The average molecular weight is 415 g/mol. The zero-order valence-corrected chi connectivity index (χ0v) is 16.9. The second kappa shape index (κ2) is 10.1. The zero-order valence-electron chi connectivity index (χ0n) is 16.9. The molecule has 2 heterocycles. The first-order chi connectivity index (χ1) is 12.8. The van der Waals surface area contributed by atoms with E-state index >= 15 is 0 Å². The molecule has 0 aliphatic carbocycles. The predicted molar refractivity (Wildman–Crippen MR) is 95.6 cm³/mol. The normalized spacial score (nSPS) is 28.0. The van der Waals surface area contributed by atoms with Gasteiger partial charge < -0.3 is 0 Å². The van der Waals surface area contributed by atoms with Crippen molar-refractivity contribution in [3.8, 4) is 6.07 Å². The van der Waals surface area contributed by atoms with Gasteiger partial charge in [0.1, 0.15) is 12.1 Å². The van der Waals surface area contributed by atoms with Gasteiger partial charge in [0, 0.05) is 18.6 Å². The third-order valence-corrected chi connectivity index (χ3v) is 5.43. The standard InChI is InChI=1S/C10H15F3N2.C9H16F3N/c1-7(2)15-6-8(5-14)3-4-9(15)10(11,12)13;1-7(2)13-6-4-3-5-8(13)9(10,11)12/h7-9H,3-4,6H2,1-2H3;7-8H,3-6H2,1-2H3. The summed E-state index contributed by atoms with van der Waals surface area (Å²) in [6.45, 7) is 7.94. The van der Waals surface area contributed by atoms with Gasteiger partial charge in [0.25, 0.3) is 0 Å². The molecule has 0 N–H and O–H groups in total. The maximum Gasteiger partial charge on any atom is 0.404 e. The fraction of sp³-hybridized carbons (Fsp3) is 0.947. The SMILES string of the molecule is CC(C)N1CC(C#N)CCC1C(F)(F)F.CC(C)N1CCCCC1C(F)(F)F. The van der Waals surface area contributed by atoms with Crippen molar-refractivity contribution in [3.05, 3.63) is 0 Å². The predicted octanol–water partition coefficient (Wildman–Crippen LogP) is 5.37. The molecule has 0 spiro atoms.